The van der Waals surface area contributed by atoms with Crippen LogP contribution in [0.15, 0.2) is 18.2 Å². The Morgan fingerprint density at radius 2 is 1.91 bits per heavy atom. The SMILES string of the molecule is COc1ccc(N2C[C@H](C(=O)NS(C)(=O)=O)CC2=O)cc1OC. The van der Waals surface area contributed by atoms with E-state index in [1.807, 2.05) is 4.72 Å². The molecule has 0 spiro atoms. The van der Waals surface area contributed by atoms with Crippen molar-refractivity contribution in [2.45, 2.75) is 6.42 Å². The molecule has 2 rings (SSSR count). The first-order valence-corrected chi connectivity index (χ1v) is 8.68. The van der Waals surface area contributed by atoms with Crippen molar-refractivity contribution < 1.29 is 27.5 Å². The van der Waals surface area contributed by atoms with E-state index in [1.54, 1.807) is 18.2 Å². The van der Waals surface area contributed by atoms with Crippen molar-refractivity contribution in [3.8, 4) is 11.5 Å². The van der Waals surface area contributed by atoms with Crippen LogP contribution in [-0.4, -0.2) is 47.3 Å². The van der Waals surface area contributed by atoms with Gasteiger partial charge in [-0.1, -0.05) is 0 Å². The van der Waals surface area contributed by atoms with E-state index >= 15 is 0 Å². The van der Waals surface area contributed by atoms with Crippen LogP contribution >= 0.6 is 0 Å². The van der Waals surface area contributed by atoms with Crippen LogP contribution in [0, 0.1) is 5.92 Å². The molecule has 1 aromatic carbocycles. The molecule has 0 aromatic heterocycles. The molecule has 1 heterocycles. The van der Waals surface area contributed by atoms with Gasteiger partial charge in [-0.05, 0) is 12.1 Å². The van der Waals surface area contributed by atoms with Gasteiger partial charge in [0.25, 0.3) is 0 Å². The molecule has 2 amide bonds. The van der Waals surface area contributed by atoms with Crippen molar-refractivity contribution in [3.63, 3.8) is 0 Å². The van der Waals surface area contributed by atoms with Gasteiger partial charge in [0.2, 0.25) is 21.8 Å². The lowest BCUT2D eigenvalue weighted by molar-refractivity contribution is -0.124. The Labute approximate surface area is 134 Å². The molecule has 1 N–H and O–H groups in total. The molecule has 1 aliphatic heterocycles. The highest BCUT2D eigenvalue weighted by atomic mass is 32.2. The van der Waals surface area contributed by atoms with Gasteiger partial charge in [0.1, 0.15) is 0 Å². The molecule has 0 radical (unpaired) electrons. The van der Waals surface area contributed by atoms with Crippen molar-refractivity contribution in [1.82, 2.24) is 4.72 Å². The number of nitrogens with one attached hydrogen (secondary N) is 1. The van der Waals surface area contributed by atoms with Crippen molar-refractivity contribution in [1.29, 1.82) is 0 Å². The molecule has 0 aliphatic carbocycles. The van der Waals surface area contributed by atoms with E-state index in [4.69, 9.17) is 9.47 Å². The van der Waals surface area contributed by atoms with Crippen LogP contribution in [0.3, 0.4) is 0 Å². The van der Waals surface area contributed by atoms with E-state index in [2.05, 4.69) is 0 Å². The lowest BCUT2D eigenvalue weighted by Crippen LogP contribution is -2.36. The Bertz CT molecular complexity index is 731. The fraction of sp³-hybridized carbons (Fsp3) is 0.429. The standard InChI is InChI=1S/C14H18N2O6S/c1-21-11-5-4-10(7-12(11)22-2)16-8-9(6-13(16)17)14(18)15-23(3,19)20/h4-5,7,9H,6,8H2,1-3H3,(H,15,18)/t9-/m1/s1. The van der Waals surface area contributed by atoms with Gasteiger partial charge in [0.15, 0.2) is 11.5 Å². The first-order chi connectivity index (χ1) is 10.7. The number of hydrogen-bond acceptors (Lipinski definition) is 6. The quantitative estimate of drug-likeness (QED) is 0.816. The number of amides is 2. The number of ether oxygens (including phenoxy) is 2. The number of benzene rings is 1. The summed E-state index contributed by atoms with van der Waals surface area (Å²) in [7, 11) is -0.660. The maximum atomic E-state index is 12.1. The summed E-state index contributed by atoms with van der Waals surface area (Å²) in [6.45, 7) is 0.107. The Kier molecular flexibility index (Phi) is 4.79. The highest BCUT2D eigenvalue weighted by Gasteiger charge is 2.36. The van der Waals surface area contributed by atoms with Gasteiger partial charge >= 0.3 is 0 Å². The first-order valence-electron chi connectivity index (χ1n) is 6.79. The van der Waals surface area contributed by atoms with Gasteiger partial charge in [-0.25, -0.2) is 8.42 Å². The van der Waals surface area contributed by atoms with Crippen molar-refractivity contribution in [2.24, 2.45) is 5.92 Å². The van der Waals surface area contributed by atoms with Crippen LogP contribution < -0.4 is 19.1 Å². The molecule has 9 heteroatoms. The second-order valence-electron chi connectivity index (χ2n) is 5.18. The summed E-state index contributed by atoms with van der Waals surface area (Å²) in [6.07, 6.45) is 0.851. The second-order valence-corrected chi connectivity index (χ2v) is 6.93. The van der Waals surface area contributed by atoms with Gasteiger partial charge in [0.05, 0.1) is 26.4 Å². The molecule has 1 aromatic rings. The zero-order valence-corrected chi connectivity index (χ0v) is 13.8. The third-order valence-electron chi connectivity index (χ3n) is 3.46. The summed E-state index contributed by atoms with van der Waals surface area (Å²) in [4.78, 5) is 25.5. The summed E-state index contributed by atoms with van der Waals surface area (Å²) < 4.78 is 34.5. The van der Waals surface area contributed by atoms with Crippen LogP contribution in [0.5, 0.6) is 11.5 Å². The van der Waals surface area contributed by atoms with E-state index in [9.17, 15) is 18.0 Å². The van der Waals surface area contributed by atoms with Crippen LogP contribution in [0.25, 0.3) is 0 Å². The van der Waals surface area contributed by atoms with E-state index < -0.39 is 21.8 Å². The lowest BCUT2D eigenvalue weighted by atomic mass is 10.1. The first kappa shape index (κ1) is 17.1. The molecule has 1 aliphatic rings. The highest BCUT2D eigenvalue weighted by Crippen LogP contribution is 2.34. The highest BCUT2D eigenvalue weighted by molar-refractivity contribution is 7.89. The number of hydrogen-bond donors (Lipinski definition) is 1. The van der Waals surface area contributed by atoms with Gasteiger partial charge in [0, 0.05) is 24.7 Å². The molecule has 0 unspecified atom stereocenters. The topological polar surface area (TPSA) is 102 Å². The van der Waals surface area contributed by atoms with Crippen LogP contribution in [0.2, 0.25) is 0 Å². The molecule has 1 atom stereocenters. The summed E-state index contributed by atoms with van der Waals surface area (Å²) >= 11 is 0. The molecule has 23 heavy (non-hydrogen) atoms. The summed E-state index contributed by atoms with van der Waals surface area (Å²) in [5, 5.41) is 0. The smallest absolute Gasteiger partial charge is 0.238 e. The molecule has 0 bridgehead atoms. The number of nitrogens with zero attached hydrogens (tertiary/aromatic N) is 1. The van der Waals surface area contributed by atoms with Gasteiger partial charge in [-0.15, -0.1) is 0 Å². The average molecular weight is 342 g/mol. The number of carbonyl (C=O) groups excluding carboxylic acids is 2. The van der Waals surface area contributed by atoms with Crippen molar-refractivity contribution >= 4 is 27.5 Å². The molecule has 8 nitrogen and oxygen atoms in total. The molecule has 0 saturated carbocycles. The second kappa shape index (κ2) is 6.45. The van der Waals surface area contributed by atoms with Crippen LogP contribution in [0.4, 0.5) is 5.69 Å². The van der Waals surface area contributed by atoms with Crippen molar-refractivity contribution in [2.75, 3.05) is 31.9 Å². The third-order valence-corrected chi connectivity index (χ3v) is 4.03. The minimum Gasteiger partial charge on any atom is -0.493 e. The molecular weight excluding hydrogens is 324 g/mol. The Balaban J connectivity index is 2.19. The van der Waals surface area contributed by atoms with Gasteiger partial charge < -0.3 is 14.4 Å². The fourth-order valence-electron chi connectivity index (χ4n) is 2.39. The number of anilines is 1. The third kappa shape index (κ3) is 3.92. The molecule has 126 valence electrons. The number of rotatable bonds is 5. The summed E-state index contributed by atoms with van der Waals surface area (Å²) in [6, 6.07) is 4.97. The molecule has 1 saturated heterocycles. The summed E-state index contributed by atoms with van der Waals surface area (Å²) in [5.74, 6) is -0.670. The minimum absolute atomic E-state index is 0.0459. The Morgan fingerprint density at radius 1 is 1.26 bits per heavy atom. The van der Waals surface area contributed by atoms with Crippen LogP contribution in [-0.2, 0) is 19.6 Å². The normalized spacial score (nSPS) is 18.0. The predicted molar refractivity (Wildman–Crippen MR) is 83.0 cm³/mol. The zero-order chi connectivity index (χ0) is 17.2. The number of methoxy groups -OCH3 is 2. The van der Waals surface area contributed by atoms with E-state index in [0.29, 0.717) is 17.2 Å². The largest absolute Gasteiger partial charge is 0.493 e. The maximum absolute atomic E-state index is 12.1. The summed E-state index contributed by atoms with van der Waals surface area (Å²) in [5.41, 5.74) is 0.558. The number of carbonyl (C=O) groups is 2. The minimum atomic E-state index is -3.65. The molecular formula is C14H18N2O6S. The van der Waals surface area contributed by atoms with E-state index in [-0.39, 0.29) is 18.9 Å². The molecule has 1 fully saturated rings. The average Bonchev–Trinajstić information content (AvgIpc) is 2.87. The fourth-order valence-corrected chi connectivity index (χ4v) is 2.92. The maximum Gasteiger partial charge on any atom is 0.238 e. The Hall–Kier alpha value is -2.29. The van der Waals surface area contributed by atoms with Crippen molar-refractivity contribution in [3.05, 3.63) is 18.2 Å². The monoisotopic (exact) mass is 342 g/mol. The lowest BCUT2D eigenvalue weighted by Gasteiger charge is -2.18. The van der Waals surface area contributed by atoms with Crippen LogP contribution in [0.1, 0.15) is 6.42 Å². The van der Waals surface area contributed by atoms with Gasteiger partial charge in [-0.2, -0.15) is 0 Å². The van der Waals surface area contributed by atoms with E-state index in [1.165, 1.54) is 19.1 Å². The zero-order valence-electron chi connectivity index (χ0n) is 13.0. The number of sulfonamides is 1. The van der Waals surface area contributed by atoms with Gasteiger partial charge in [-0.3, -0.25) is 14.3 Å². The predicted octanol–water partition coefficient (Wildman–Crippen LogP) is 0.132. The van der Waals surface area contributed by atoms with E-state index in [0.717, 1.165) is 6.26 Å². The Morgan fingerprint density at radius 3 is 2.48 bits per heavy atom.